The van der Waals surface area contributed by atoms with Gasteiger partial charge in [-0.2, -0.15) is 0 Å². The molecule has 0 unspecified atom stereocenters. The number of rotatable bonds is 18. The van der Waals surface area contributed by atoms with E-state index in [4.69, 9.17) is 0 Å². The molecule has 206 valence electrons. The number of nitrogens with zero attached hydrogens (tertiary/aromatic N) is 2. The highest BCUT2D eigenvalue weighted by atomic mass is 15.2. The summed E-state index contributed by atoms with van der Waals surface area (Å²) in [6.45, 7) is 9.05. The average Bonchev–Trinajstić information content (AvgIpc) is 3.22. The van der Waals surface area contributed by atoms with Crippen molar-refractivity contribution in [1.82, 2.24) is 0 Å². The van der Waals surface area contributed by atoms with Crippen LogP contribution in [0.1, 0.15) is 140 Å². The molecular weight excluding hydrogens is 460 g/mol. The summed E-state index contributed by atoms with van der Waals surface area (Å²) in [6, 6.07) is 18.0. The lowest BCUT2D eigenvalue weighted by atomic mass is 9.91. The van der Waals surface area contributed by atoms with Crippen molar-refractivity contribution in [3.8, 4) is 0 Å². The summed E-state index contributed by atoms with van der Waals surface area (Å²) < 4.78 is 1.54. The molecule has 0 N–H and O–H groups in total. The van der Waals surface area contributed by atoms with E-state index < -0.39 is 0 Å². The topological polar surface area (TPSA) is 25.3 Å². The van der Waals surface area contributed by atoms with E-state index in [0.29, 0.717) is 0 Å². The van der Waals surface area contributed by atoms with E-state index in [9.17, 15) is 5.53 Å². The first kappa shape index (κ1) is 30.1. The Morgan fingerprint density at radius 3 is 1.26 bits per heavy atom. The average molecular weight is 513 g/mol. The third kappa shape index (κ3) is 8.26. The quantitative estimate of drug-likeness (QED) is 0.140. The maximum Gasteiger partial charge on any atom is 0.211 e. The van der Waals surface area contributed by atoms with E-state index in [-0.39, 0.29) is 0 Å². The van der Waals surface area contributed by atoms with Gasteiger partial charge in [-0.3, -0.25) is 0 Å². The van der Waals surface area contributed by atoms with Crippen molar-refractivity contribution >= 4 is 11.4 Å². The lowest BCUT2D eigenvalue weighted by Gasteiger charge is -2.11. The van der Waals surface area contributed by atoms with Gasteiger partial charge in [0.15, 0.2) is 0 Å². The van der Waals surface area contributed by atoms with Gasteiger partial charge in [-0.15, -0.1) is 0 Å². The van der Waals surface area contributed by atoms with E-state index in [2.05, 4.69) is 76.2 Å². The van der Waals surface area contributed by atoms with Gasteiger partial charge >= 0.3 is 0 Å². The van der Waals surface area contributed by atoms with E-state index >= 15 is 0 Å². The van der Waals surface area contributed by atoms with Crippen molar-refractivity contribution in [2.75, 3.05) is 0 Å². The summed E-state index contributed by atoms with van der Waals surface area (Å²) in [6.07, 6.45) is 19.1. The van der Waals surface area contributed by atoms with Gasteiger partial charge in [-0.25, -0.2) is 4.70 Å². The van der Waals surface area contributed by atoms with Crippen LogP contribution in [0.25, 0.3) is 16.9 Å². The SMILES string of the molecule is CCCCCCC1=C(c2ccc(CCCC)cc2)[N+](=[N-])C(c2ccc(CCCCCC)cc2)=C1CCCC. The molecular formula is C36H52N2. The molecule has 2 aromatic rings. The molecule has 0 aliphatic carbocycles. The van der Waals surface area contributed by atoms with Gasteiger partial charge in [-0.1, -0.05) is 103 Å². The third-order valence-electron chi connectivity index (χ3n) is 8.01. The minimum atomic E-state index is 1.01. The smallest absolute Gasteiger partial charge is 0.211 e. The molecule has 1 aliphatic rings. The summed E-state index contributed by atoms with van der Waals surface area (Å²) in [5, 5.41) is 0. The highest BCUT2D eigenvalue weighted by molar-refractivity contribution is 5.82. The molecule has 3 rings (SSSR count). The van der Waals surface area contributed by atoms with Crippen LogP contribution in [0, 0.1) is 0 Å². The maximum absolute atomic E-state index is 11.8. The predicted molar refractivity (Wildman–Crippen MR) is 165 cm³/mol. The predicted octanol–water partition coefficient (Wildman–Crippen LogP) is 11.5. The normalized spacial score (nSPS) is 13.7. The Labute approximate surface area is 233 Å². The van der Waals surface area contributed by atoms with Crippen LogP contribution in [0.3, 0.4) is 0 Å². The maximum atomic E-state index is 11.8. The van der Waals surface area contributed by atoms with Gasteiger partial charge in [0.25, 0.3) is 0 Å². The lowest BCUT2D eigenvalue weighted by molar-refractivity contribution is -0.345. The zero-order chi connectivity index (χ0) is 27.2. The fourth-order valence-corrected chi connectivity index (χ4v) is 5.66. The molecule has 0 atom stereocenters. The Bertz CT molecular complexity index is 1050. The molecule has 0 radical (unpaired) electrons. The van der Waals surface area contributed by atoms with Gasteiger partial charge < -0.3 is 5.53 Å². The molecule has 38 heavy (non-hydrogen) atoms. The van der Waals surface area contributed by atoms with E-state index in [1.165, 1.54) is 91.2 Å². The van der Waals surface area contributed by atoms with Crippen LogP contribution < -0.4 is 0 Å². The Kier molecular flexibility index (Phi) is 13.0. The van der Waals surface area contributed by atoms with Gasteiger partial charge in [-0.05, 0) is 86.8 Å². The van der Waals surface area contributed by atoms with Gasteiger partial charge in [0, 0.05) is 22.3 Å². The van der Waals surface area contributed by atoms with Gasteiger partial charge in [0.2, 0.25) is 11.4 Å². The summed E-state index contributed by atoms with van der Waals surface area (Å²) in [5.74, 6) is 0. The number of hydrogen-bond acceptors (Lipinski definition) is 0. The molecule has 0 spiro atoms. The lowest BCUT2D eigenvalue weighted by Crippen LogP contribution is -2.03. The molecule has 0 fully saturated rings. The largest absolute Gasteiger partial charge is 0.493 e. The number of allylic oxidation sites excluding steroid dienone is 2. The van der Waals surface area contributed by atoms with Crippen molar-refractivity contribution in [1.29, 1.82) is 0 Å². The van der Waals surface area contributed by atoms with Crippen molar-refractivity contribution in [3.63, 3.8) is 0 Å². The first-order valence-corrected chi connectivity index (χ1v) is 15.8. The molecule has 0 aromatic heterocycles. The summed E-state index contributed by atoms with van der Waals surface area (Å²) >= 11 is 0. The monoisotopic (exact) mass is 512 g/mol. The molecule has 1 heterocycles. The van der Waals surface area contributed by atoms with Crippen molar-refractivity contribution < 1.29 is 4.70 Å². The van der Waals surface area contributed by atoms with Crippen LogP contribution in [0.5, 0.6) is 0 Å². The van der Waals surface area contributed by atoms with Gasteiger partial charge in [0.05, 0.1) is 0 Å². The minimum absolute atomic E-state index is 1.01. The molecule has 0 saturated carbocycles. The van der Waals surface area contributed by atoms with Crippen molar-refractivity contribution in [2.45, 2.75) is 130 Å². The van der Waals surface area contributed by atoms with Gasteiger partial charge in [0.1, 0.15) is 0 Å². The second-order valence-electron chi connectivity index (χ2n) is 11.2. The molecule has 2 aromatic carbocycles. The number of benzene rings is 2. The van der Waals surface area contributed by atoms with Crippen LogP contribution in [0.2, 0.25) is 0 Å². The van der Waals surface area contributed by atoms with E-state index in [0.717, 1.165) is 61.0 Å². The molecule has 0 amide bonds. The second kappa shape index (κ2) is 16.5. The van der Waals surface area contributed by atoms with Crippen molar-refractivity contribution in [2.24, 2.45) is 0 Å². The van der Waals surface area contributed by atoms with Crippen LogP contribution in [0.4, 0.5) is 0 Å². The minimum Gasteiger partial charge on any atom is -0.493 e. The third-order valence-corrected chi connectivity index (χ3v) is 8.01. The highest BCUT2D eigenvalue weighted by Gasteiger charge is 2.35. The Morgan fingerprint density at radius 2 is 0.816 bits per heavy atom. The highest BCUT2D eigenvalue weighted by Crippen LogP contribution is 2.44. The summed E-state index contributed by atoms with van der Waals surface area (Å²) in [4.78, 5) is 0. The Balaban J connectivity index is 1.95. The van der Waals surface area contributed by atoms with Crippen LogP contribution in [-0.4, -0.2) is 4.70 Å². The zero-order valence-corrected chi connectivity index (χ0v) is 24.8. The molecule has 1 aliphatic heterocycles. The molecule has 0 saturated heterocycles. The van der Waals surface area contributed by atoms with E-state index in [1.54, 1.807) is 0 Å². The molecule has 2 nitrogen and oxygen atoms in total. The van der Waals surface area contributed by atoms with Crippen LogP contribution >= 0.6 is 0 Å². The number of aryl methyl sites for hydroxylation is 2. The number of unbranched alkanes of at least 4 members (excludes halogenated alkanes) is 8. The standard InChI is InChI=1S/C36H52N2/c1-5-9-13-15-18-30-23-27-31(28-24-30)35-33(19-12-8-4)34(20-16-14-10-6-2)36(38(35)37)32-25-21-29(22-26-32)17-11-7-3/h21-28H,5-20H2,1-4H3. The Hall–Kier alpha value is -2.48. The summed E-state index contributed by atoms with van der Waals surface area (Å²) in [7, 11) is 0. The zero-order valence-electron chi connectivity index (χ0n) is 24.8. The Morgan fingerprint density at radius 1 is 0.447 bits per heavy atom. The fraction of sp³-hybridized carbons (Fsp3) is 0.556. The fourth-order valence-electron chi connectivity index (χ4n) is 5.66. The van der Waals surface area contributed by atoms with E-state index in [1.807, 2.05) is 0 Å². The summed E-state index contributed by atoms with van der Waals surface area (Å²) in [5.41, 5.74) is 21.6. The second-order valence-corrected chi connectivity index (χ2v) is 11.2. The van der Waals surface area contributed by atoms with Crippen LogP contribution in [-0.2, 0) is 12.8 Å². The van der Waals surface area contributed by atoms with Crippen LogP contribution in [0.15, 0.2) is 59.7 Å². The molecule has 2 heteroatoms. The molecule has 0 bridgehead atoms. The first-order chi connectivity index (χ1) is 18.6. The number of hydrogen-bond donors (Lipinski definition) is 0. The van der Waals surface area contributed by atoms with Crippen molar-refractivity contribution in [3.05, 3.63) is 87.5 Å². The first-order valence-electron chi connectivity index (χ1n) is 15.8.